The van der Waals surface area contributed by atoms with E-state index in [0.29, 0.717) is 27.7 Å². The van der Waals surface area contributed by atoms with Crippen LogP contribution < -0.4 is 4.90 Å². The molecule has 7 nitrogen and oxygen atoms in total. The average Bonchev–Trinajstić information content (AvgIpc) is 3.45. The lowest BCUT2D eigenvalue weighted by Crippen LogP contribution is -2.29. The van der Waals surface area contributed by atoms with Gasteiger partial charge in [-0.2, -0.15) is 0 Å². The largest absolute Gasteiger partial charge is 0.505 e. The van der Waals surface area contributed by atoms with Gasteiger partial charge in [0.1, 0.15) is 11.3 Å². The van der Waals surface area contributed by atoms with Crippen molar-refractivity contribution in [3.8, 4) is 0 Å². The van der Waals surface area contributed by atoms with Crippen LogP contribution in [0, 0.1) is 6.92 Å². The molecule has 0 radical (unpaired) electrons. The van der Waals surface area contributed by atoms with Crippen molar-refractivity contribution < 1.29 is 14.7 Å². The molecule has 4 heterocycles. The normalized spacial score (nSPS) is 18.3. The van der Waals surface area contributed by atoms with E-state index < -0.39 is 17.7 Å². The van der Waals surface area contributed by atoms with Gasteiger partial charge < -0.3 is 5.11 Å². The lowest BCUT2D eigenvalue weighted by molar-refractivity contribution is -0.132. The lowest BCUT2D eigenvalue weighted by atomic mass is 9.96. The maximum Gasteiger partial charge on any atom is 0.301 e. The van der Waals surface area contributed by atoms with E-state index in [1.54, 1.807) is 29.1 Å². The van der Waals surface area contributed by atoms with Crippen LogP contribution in [-0.4, -0.2) is 31.2 Å². The molecule has 3 aromatic heterocycles. The predicted octanol–water partition coefficient (Wildman–Crippen LogP) is 4.49. The van der Waals surface area contributed by atoms with Crippen molar-refractivity contribution in [3.05, 3.63) is 87.2 Å². The number of rotatable bonds is 3. The van der Waals surface area contributed by atoms with Crippen LogP contribution in [-0.2, 0) is 9.59 Å². The van der Waals surface area contributed by atoms with E-state index in [1.165, 1.54) is 16.2 Å². The topological polar surface area (TPSA) is 87.8 Å². The average molecular weight is 495 g/mol. The number of thiazole rings is 1. The molecule has 0 spiro atoms. The number of benzene rings is 1. The number of pyridine rings is 1. The van der Waals surface area contributed by atoms with E-state index in [2.05, 4.69) is 25.9 Å². The summed E-state index contributed by atoms with van der Waals surface area (Å²) in [5.74, 6) is -1.75. The number of aryl methyl sites for hydroxylation is 1. The number of fused-ring (bicyclic) bond motifs is 1. The number of hydrogen-bond acceptors (Lipinski definition) is 6. The Morgan fingerprint density at radius 2 is 1.94 bits per heavy atom. The number of amides is 1. The molecule has 1 fully saturated rings. The van der Waals surface area contributed by atoms with Gasteiger partial charge in [0.05, 0.1) is 17.3 Å². The fourth-order valence-electron chi connectivity index (χ4n) is 3.85. The quantitative estimate of drug-likeness (QED) is 0.257. The highest BCUT2D eigenvalue weighted by Crippen LogP contribution is 2.43. The number of aliphatic hydroxyl groups excluding tert-OH is 1. The highest BCUT2D eigenvalue weighted by atomic mass is 79.9. The van der Waals surface area contributed by atoms with Gasteiger partial charge in [-0.25, -0.2) is 9.97 Å². The summed E-state index contributed by atoms with van der Waals surface area (Å²) in [5.41, 5.74) is 2.27. The monoisotopic (exact) mass is 494 g/mol. The Morgan fingerprint density at radius 3 is 2.65 bits per heavy atom. The third kappa shape index (κ3) is 3.08. The van der Waals surface area contributed by atoms with E-state index in [4.69, 9.17) is 0 Å². The second-order valence-corrected chi connectivity index (χ2v) is 8.80. The van der Waals surface area contributed by atoms with E-state index in [1.807, 2.05) is 42.5 Å². The summed E-state index contributed by atoms with van der Waals surface area (Å²) >= 11 is 4.67. The summed E-state index contributed by atoms with van der Waals surface area (Å²) in [4.78, 5) is 36.3. The van der Waals surface area contributed by atoms with E-state index in [9.17, 15) is 14.7 Å². The summed E-state index contributed by atoms with van der Waals surface area (Å²) in [6, 6.07) is 11.9. The van der Waals surface area contributed by atoms with E-state index in [-0.39, 0.29) is 11.3 Å². The van der Waals surface area contributed by atoms with Crippen molar-refractivity contribution in [1.82, 2.24) is 14.4 Å². The first-order chi connectivity index (χ1) is 15.0. The van der Waals surface area contributed by atoms with Gasteiger partial charge in [-0.05, 0) is 36.8 Å². The summed E-state index contributed by atoms with van der Waals surface area (Å²) < 4.78 is 2.57. The maximum absolute atomic E-state index is 13.2. The van der Waals surface area contributed by atoms with E-state index in [0.717, 1.165) is 4.47 Å². The second-order valence-electron chi connectivity index (χ2n) is 7.01. The molecule has 1 aromatic carbocycles. The van der Waals surface area contributed by atoms with Crippen molar-refractivity contribution in [1.29, 1.82) is 0 Å². The standard InChI is InChI=1S/C22H15BrN4O3S/c1-12-17(26-10-3-2-4-15(26)25-12)19(28)16-18(13-5-7-14(23)8-6-13)27(21(30)20(16)29)22-24-9-11-31-22/h2-11,18,28H,1H3/b19-16+. The van der Waals surface area contributed by atoms with Gasteiger partial charge in [0.2, 0.25) is 0 Å². The Balaban J connectivity index is 1.79. The molecule has 0 bridgehead atoms. The van der Waals surface area contributed by atoms with Gasteiger partial charge in [-0.1, -0.05) is 34.1 Å². The van der Waals surface area contributed by atoms with Crippen LogP contribution in [0.5, 0.6) is 0 Å². The number of aliphatic hydroxyl groups is 1. The molecule has 1 saturated heterocycles. The number of Topliss-reactive ketones (excluding diaryl/α,β-unsaturated/α-hetero) is 1. The van der Waals surface area contributed by atoms with Crippen molar-refractivity contribution >= 4 is 55.5 Å². The van der Waals surface area contributed by atoms with Crippen molar-refractivity contribution in [2.75, 3.05) is 4.90 Å². The van der Waals surface area contributed by atoms with Gasteiger partial charge in [-0.3, -0.25) is 18.9 Å². The Labute approximate surface area is 189 Å². The Hall–Kier alpha value is -3.30. The van der Waals surface area contributed by atoms with Gasteiger partial charge in [0.25, 0.3) is 5.78 Å². The highest BCUT2D eigenvalue weighted by molar-refractivity contribution is 9.10. The molecule has 0 aliphatic carbocycles. The summed E-state index contributed by atoms with van der Waals surface area (Å²) in [6.07, 6.45) is 3.34. The molecule has 154 valence electrons. The predicted molar refractivity (Wildman–Crippen MR) is 121 cm³/mol. The van der Waals surface area contributed by atoms with Crippen LogP contribution in [0.15, 0.2) is 70.3 Å². The smallest absolute Gasteiger partial charge is 0.301 e. The maximum atomic E-state index is 13.2. The number of carbonyl (C=O) groups is 2. The fourth-order valence-corrected chi connectivity index (χ4v) is 4.78. The molecule has 1 amide bonds. The van der Waals surface area contributed by atoms with Crippen LogP contribution in [0.4, 0.5) is 5.13 Å². The SMILES string of the molecule is Cc1nc2ccccn2c1/C(O)=C1\C(=O)C(=O)N(c2nccs2)C1c1ccc(Br)cc1. The van der Waals surface area contributed by atoms with Crippen LogP contribution in [0.2, 0.25) is 0 Å². The third-order valence-corrected chi connectivity index (χ3v) is 6.48. The minimum absolute atomic E-state index is 0.0104. The number of nitrogens with zero attached hydrogens (tertiary/aromatic N) is 4. The van der Waals surface area contributed by atoms with Crippen molar-refractivity contribution in [3.63, 3.8) is 0 Å². The molecule has 1 aliphatic rings. The summed E-state index contributed by atoms with van der Waals surface area (Å²) in [5, 5.41) is 13.5. The van der Waals surface area contributed by atoms with Crippen LogP contribution >= 0.6 is 27.3 Å². The molecule has 9 heteroatoms. The summed E-state index contributed by atoms with van der Waals surface area (Å²) in [7, 11) is 0. The zero-order chi connectivity index (χ0) is 21.7. The molecule has 1 aliphatic heterocycles. The first-order valence-electron chi connectivity index (χ1n) is 9.37. The number of aromatic nitrogens is 3. The fraction of sp³-hybridized carbons (Fsp3) is 0.0909. The van der Waals surface area contributed by atoms with Gasteiger partial charge in [0, 0.05) is 22.2 Å². The van der Waals surface area contributed by atoms with Crippen LogP contribution in [0.25, 0.3) is 11.4 Å². The Kier molecular flexibility index (Phi) is 4.71. The first kappa shape index (κ1) is 19.7. The molecule has 0 saturated carbocycles. The van der Waals surface area contributed by atoms with Gasteiger partial charge in [-0.15, -0.1) is 11.3 Å². The molecule has 1 unspecified atom stereocenters. The lowest BCUT2D eigenvalue weighted by Gasteiger charge is -2.23. The molecule has 5 rings (SSSR count). The molecule has 1 atom stereocenters. The summed E-state index contributed by atoms with van der Waals surface area (Å²) in [6.45, 7) is 1.76. The molecular weight excluding hydrogens is 480 g/mol. The minimum atomic E-state index is -0.812. The third-order valence-electron chi connectivity index (χ3n) is 5.18. The molecule has 31 heavy (non-hydrogen) atoms. The molecule has 1 N–H and O–H groups in total. The minimum Gasteiger partial charge on any atom is -0.505 e. The Morgan fingerprint density at radius 1 is 1.16 bits per heavy atom. The number of ketones is 1. The molecular formula is C22H15BrN4O3S. The number of hydrogen-bond donors (Lipinski definition) is 1. The number of carbonyl (C=O) groups excluding carboxylic acids is 2. The van der Waals surface area contributed by atoms with Gasteiger partial charge >= 0.3 is 5.91 Å². The zero-order valence-electron chi connectivity index (χ0n) is 16.2. The Bertz CT molecular complexity index is 1360. The van der Waals surface area contributed by atoms with Crippen molar-refractivity contribution in [2.24, 2.45) is 0 Å². The second kappa shape index (κ2) is 7.44. The highest BCUT2D eigenvalue weighted by Gasteiger charge is 2.48. The molecule has 4 aromatic rings. The van der Waals surface area contributed by atoms with E-state index >= 15 is 0 Å². The van der Waals surface area contributed by atoms with Crippen LogP contribution in [0.1, 0.15) is 23.0 Å². The van der Waals surface area contributed by atoms with Crippen molar-refractivity contribution in [2.45, 2.75) is 13.0 Å². The number of halogens is 1. The van der Waals surface area contributed by atoms with Crippen LogP contribution in [0.3, 0.4) is 0 Å². The zero-order valence-corrected chi connectivity index (χ0v) is 18.6. The van der Waals surface area contributed by atoms with Gasteiger partial charge in [0.15, 0.2) is 10.9 Å². The first-order valence-corrected chi connectivity index (χ1v) is 11.0. The number of imidazole rings is 1. The number of anilines is 1.